The number of anilines is 1. The highest BCUT2D eigenvalue weighted by molar-refractivity contribution is 6.34. The first-order valence-electron chi connectivity index (χ1n) is 11.5. The number of esters is 1. The molecule has 0 radical (unpaired) electrons. The Morgan fingerprint density at radius 1 is 1.29 bits per heavy atom. The number of nitrogens with zero attached hydrogens (tertiary/aromatic N) is 1. The van der Waals surface area contributed by atoms with E-state index < -0.39 is 23.0 Å². The van der Waals surface area contributed by atoms with Gasteiger partial charge in [0.25, 0.3) is 0 Å². The fourth-order valence-electron chi connectivity index (χ4n) is 5.14. The fourth-order valence-corrected chi connectivity index (χ4v) is 5.52. The molecule has 3 saturated heterocycles. The van der Waals surface area contributed by atoms with Crippen molar-refractivity contribution in [2.24, 2.45) is 5.92 Å². The van der Waals surface area contributed by atoms with Gasteiger partial charge in [-0.2, -0.15) is 0 Å². The fraction of sp³-hybridized carbons (Fsp3) is 0.583. The zero-order valence-corrected chi connectivity index (χ0v) is 20.6. The van der Waals surface area contributed by atoms with Crippen molar-refractivity contribution >= 4 is 41.0 Å². The van der Waals surface area contributed by atoms with Crippen LogP contribution in [0, 0.1) is 11.3 Å². The maximum atomic E-state index is 13.2. The molecule has 4 atom stereocenters. The normalized spacial score (nSPS) is 31.1. The van der Waals surface area contributed by atoms with Crippen LogP contribution in [0.15, 0.2) is 18.2 Å². The largest absolute Gasteiger partial charge is 0.459 e. The molecule has 0 aromatic heterocycles. The first-order valence-corrected chi connectivity index (χ1v) is 11.9. The Kier molecular flexibility index (Phi) is 6.37. The monoisotopic (exact) mass is 490 g/mol. The van der Waals surface area contributed by atoms with Crippen molar-refractivity contribution in [1.29, 1.82) is 5.41 Å². The Morgan fingerprint density at radius 2 is 2.03 bits per heavy atom. The van der Waals surface area contributed by atoms with Gasteiger partial charge in [0, 0.05) is 12.6 Å². The van der Waals surface area contributed by atoms with Crippen LogP contribution in [0.5, 0.6) is 0 Å². The van der Waals surface area contributed by atoms with Gasteiger partial charge in [0.1, 0.15) is 5.60 Å². The molecular weight excluding hydrogens is 460 g/mol. The Bertz CT molecular complexity index is 1020. The number of cyclic esters (lactones) is 1. The molecular formula is C24H31ClN4O5. The summed E-state index contributed by atoms with van der Waals surface area (Å²) in [6.45, 7) is 7.76. The number of guanidine groups is 1. The second-order valence-corrected chi connectivity index (χ2v) is 10.5. The number of hydrogen-bond donors (Lipinski definition) is 3. The molecule has 0 aliphatic carbocycles. The van der Waals surface area contributed by atoms with Gasteiger partial charge in [-0.05, 0) is 52.2 Å². The van der Waals surface area contributed by atoms with E-state index in [2.05, 4.69) is 10.6 Å². The third-order valence-electron chi connectivity index (χ3n) is 6.99. The zero-order valence-electron chi connectivity index (χ0n) is 19.9. The summed E-state index contributed by atoms with van der Waals surface area (Å²) in [5, 5.41) is 14.9. The first-order chi connectivity index (χ1) is 15.9. The number of rotatable bonds is 4. The lowest BCUT2D eigenvalue weighted by molar-refractivity contribution is -0.147. The highest BCUT2D eigenvalue weighted by atomic mass is 35.5. The van der Waals surface area contributed by atoms with Crippen LogP contribution in [0.1, 0.15) is 58.9 Å². The molecule has 2 amide bonds. The van der Waals surface area contributed by atoms with Crippen LogP contribution in [0.4, 0.5) is 5.69 Å². The highest BCUT2D eigenvalue weighted by Gasteiger charge is 2.47. The molecule has 10 heteroatoms. The van der Waals surface area contributed by atoms with Crippen LogP contribution < -0.4 is 10.6 Å². The Balaban J connectivity index is 1.54. The molecule has 3 heterocycles. The van der Waals surface area contributed by atoms with E-state index in [4.69, 9.17) is 26.5 Å². The molecule has 3 N–H and O–H groups in total. The number of amides is 2. The van der Waals surface area contributed by atoms with Crippen LogP contribution in [-0.4, -0.2) is 53.0 Å². The second-order valence-electron chi connectivity index (χ2n) is 10.1. The lowest BCUT2D eigenvalue weighted by Crippen LogP contribution is -2.63. The number of benzene rings is 1. The average molecular weight is 491 g/mol. The molecule has 4 rings (SSSR count). The summed E-state index contributed by atoms with van der Waals surface area (Å²) in [5.41, 5.74) is -0.857. The van der Waals surface area contributed by atoms with Crippen LogP contribution in [0.3, 0.4) is 0 Å². The van der Waals surface area contributed by atoms with Gasteiger partial charge in [-0.3, -0.25) is 24.7 Å². The highest BCUT2D eigenvalue weighted by Crippen LogP contribution is 2.39. The maximum absolute atomic E-state index is 13.2. The summed E-state index contributed by atoms with van der Waals surface area (Å²) < 4.78 is 10.8. The molecule has 3 aliphatic heterocycles. The molecule has 1 aromatic carbocycles. The minimum Gasteiger partial charge on any atom is -0.459 e. The number of carbonyl (C=O) groups is 3. The Morgan fingerprint density at radius 3 is 2.65 bits per heavy atom. The van der Waals surface area contributed by atoms with Gasteiger partial charge < -0.3 is 20.1 Å². The Labute approximate surface area is 204 Å². The van der Waals surface area contributed by atoms with E-state index >= 15 is 0 Å². The van der Waals surface area contributed by atoms with E-state index in [-0.39, 0.29) is 47.8 Å². The molecule has 184 valence electrons. The van der Waals surface area contributed by atoms with E-state index in [1.807, 2.05) is 13.8 Å². The number of nitrogens with one attached hydrogen (secondary N) is 3. The predicted octanol–water partition coefficient (Wildman–Crippen LogP) is 3.16. The van der Waals surface area contributed by atoms with Crippen molar-refractivity contribution in [3.05, 3.63) is 28.8 Å². The van der Waals surface area contributed by atoms with Crippen molar-refractivity contribution in [2.75, 3.05) is 11.9 Å². The number of halogens is 1. The zero-order chi connectivity index (χ0) is 24.8. The predicted molar refractivity (Wildman–Crippen MR) is 126 cm³/mol. The van der Waals surface area contributed by atoms with E-state index in [1.54, 1.807) is 32.0 Å². The Hall–Kier alpha value is -2.65. The summed E-state index contributed by atoms with van der Waals surface area (Å²) in [4.78, 5) is 39.4. The van der Waals surface area contributed by atoms with Crippen molar-refractivity contribution in [2.45, 2.75) is 76.7 Å². The molecule has 34 heavy (non-hydrogen) atoms. The van der Waals surface area contributed by atoms with Crippen LogP contribution in [-0.2, 0) is 29.4 Å². The molecule has 0 bridgehead atoms. The number of hydrogen-bond acceptors (Lipinski definition) is 6. The lowest BCUT2D eigenvalue weighted by Gasteiger charge is -2.45. The summed E-state index contributed by atoms with van der Waals surface area (Å²) in [6, 6.07) is 5.11. The van der Waals surface area contributed by atoms with Gasteiger partial charge in [0.15, 0.2) is 5.96 Å². The molecule has 0 saturated carbocycles. The minimum atomic E-state index is -0.926. The third-order valence-corrected chi connectivity index (χ3v) is 7.39. The average Bonchev–Trinajstić information content (AvgIpc) is 3.01. The molecule has 0 spiro atoms. The number of carbonyl (C=O) groups excluding carboxylic acids is 3. The van der Waals surface area contributed by atoms with E-state index in [1.165, 1.54) is 4.90 Å². The first kappa shape index (κ1) is 24.5. The van der Waals surface area contributed by atoms with Crippen LogP contribution in [0.2, 0.25) is 5.02 Å². The third kappa shape index (κ3) is 4.51. The molecule has 1 unspecified atom stereocenters. The topological polar surface area (TPSA) is 121 Å². The maximum Gasteiger partial charge on any atom is 0.307 e. The smallest absolute Gasteiger partial charge is 0.307 e. The summed E-state index contributed by atoms with van der Waals surface area (Å²) in [6.07, 6.45) is 1.51. The van der Waals surface area contributed by atoms with Gasteiger partial charge >= 0.3 is 5.97 Å². The number of ether oxygens (including phenoxy) is 2. The summed E-state index contributed by atoms with van der Waals surface area (Å²) >= 11 is 6.72. The van der Waals surface area contributed by atoms with Crippen molar-refractivity contribution in [1.82, 2.24) is 10.2 Å². The summed E-state index contributed by atoms with van der Waals surface area (Å²) in [5.74, 6) is -1.54. The van der Waals surface area contributed by atoms with Gasteiger partial charge in [-0.25, -0.2) is 0 Å². The van der Waals surface area contributed by atoms with Crippen molar-refractivity contribution in [3.8, 4) is 0 Å². The van der Waals surface area contributed by atoms with Crippen LogP contribution >= 0.6 is 11.6 Å². The van der Waals surface area contributed by atoms with Gasteiger partial charge in [-0.1, -0.05) is 23.7 Å². The van der Waals surface area contributed by atoms with Crippen molar-refractivity contribution < 1.29 is 23.9 Å². The minimum absolute atomic E-state index is 0.00172. The lowest BCUT2D eigenvalue weighted by atomic mass is 9.85. The van der Waals surface area contributed by atoms with Gasteiger partial charge in [-0.15, -0.1) is 0 Å². The van der Waals surface area contributed by atoms with Gasteiger partial charge in [0.2, 0.25) is 11.8 Å². The van der Waals surface area contributed by atoms with Gasteiger partial charge in [0.05, 0.1) is 41.1 Å². The molecule has 3 fully saturated rings. The molecule has 9 nitrogen and oxygen atoms in total. The van der Waals surface area contributed by atoms with E-state index in [0.717, 1.165) is 0 Å². The standard InChI is InChI=1S/C24H31ClN4O5/c1-13-10-14(8-9-33-13)29-18(30)12-24(4,28-22(29)26)15-6-5-7-17(20(15)25)27-21(32)16-11-19(31)34-23(16,2)3/h5-7,13-14,16H,8-12H2,1-4H3,(H2,26,28)(H,27,32)/t13-,14-,16?,24+/m1/s1. The van der Waals surface area contributed by atoms with Crippen LogP contribution in [0.25, 0.3) is 0 Å². The SMILES string of the molecule is C[C@@H]1C[C@H](N2C(=N)N[C@](C)(c3cccc(NC(=O)C4CC(=O)OC4(C)C)c3Cl)CC2=O)CCO1. The quantitative estimate of drug-likeness (QED) is 0.557. The molecule has 1 aromatic rings. The van der Waals surface area contributed by atoms with Crippen molar-refractivity contribution in [3.63, 3.8) is 0 Å². The molecule has 3 aliphatic rings. The second kappa shape index (κ2) is 8.85. The summed E-state index contributed by atoms with van der Waals surface area (Å²) in [7, 11) is 0. The van der Waals surface area contributed by atoms with E-state index in [0.29, 0.717) is 30.7 Å². The van der Waals surface area contributed by atoms with E-state index in [9.17, 15) is 14.4 Å².